The molecule has 7 heteroatoms. The molecular formula is C24H26N4O2S. The number of aromatic nitrogens is 2. The summed E-state index contributed by atoms with van der Waals surface area (Å²) in [7, 11) is 3.33. The van der Waals surface area contributed by atoms with Gasteiger partial charge >= 0.3 is 0 Å². The third kappa shape index (κ3) is 4.46. The number of hydrogen-bond acceptors (Lipinski definition) is 3. The van der Waals surface area contributed by atoms with Crippen LogP contribution < -0.4 is 10.6 Å². The molecule has 2 amide bonds. The zero-order valence-electron chi connectivity index (χ0n) is 17.7. The van der Waals surface area contributed by atoms with Crippen LogP contribution in [0, 0.1) is 0 Å². The van der Waals surface area contributed by atoms with Crippen molar-refractivity contribution in [3.8, 4) is 0 Å². The van der Waals surface area contributed by atoms with Gasteiger partial charge in [0.2, 0.25) is 11.8 Å². The molecular weight excluding hydrogens is 408 g/mol. The molecule has 4 N–H and O–H groups in total. The Morgan fingerprint density at radius 2 is 1.16 bits per heavy atom. The van der Waals surface area contributed by atoms with Crippen molar-refractivity contribution >= 4 is 45.4 Å². The number of aromatic amines is 2. The molecule has 0 aliphatic rings. The number of para-hydroxylation sites is 2. The standard InChI is InChI=1S/C24H26N4O2S/c1-25-21(29)13-11-17-15-7-3-5-9-19(15)27-23(17)31-24-18(12-14-22(30)26-2)16-8-4-6-10-20(16)28-24/h3-10,27-28H,11-14H2,1-2H3,(H,25,29)(H,26,30). The molecule has 2 aromatic heterocycles. The highest BCUT2D eigenvalue weighted by Gasteiger charge is 2.18. The number of amides is 2. The highest BCUT2D eigenvalue weighted by molar-refractivity contribution is 7.99. The van der Waals surface area contributed by atoms with Crippen molar-refractivity contribution in [1.82, 2.24) is 20.6 Å². The number of hydrogen-bond donors (Lipinski definition) is 4. The van der Waals surface area contributed by atoms with Gasteiger partial charge < -0.3 is 20.6 Å². The lowest BCUT2D eigenvalue weighted by molar-refractivity contribution is -0.121. The monoisotopic (exact) mass is 434 g/mol. The molecule has 0 atom stereocenters. The highest BCUT2D eigenvalue weighted by atomic mass is 32.2. The Bertz CT molecular complexity index is 1150. The van der Waals surface area contributed by atoms with Crippen LogP contribution in [0.2, 0.25) is 0 Å². The Kier molecular flexibility index (Phi) is 6.32. The Balaban J connectivity index is 1.73. The first-order valence-electron chi connectivity index (χ1n) is 10.4. The van der Waals surface area contributed by atoms with Gasteiger partial charge in [0.15, 0.2) is 0 Å². The van der Waals surface area contributed by atoms with E-state index in [0.29, 0.717) is 25.7 Å². The minimum Gasteiger partial charge on any atom is -0.359 e. The van der Waals surface area contributed by atoms with Crippen LogP contribution in [0.1, 0.15) is 24.0 Å². The maximum atomic E-state index is 11.9. The van der Waals surface area contributed by atoms with Gasteiger partial charge in [0, 0.05) is 48.7 Å². The summed E-state index contributed by atoms with van der Waals surface area (Å²) < 4.78 is 0. The van der Waals surface area contributed by atoms with Gasteiger partial charge in [-0.15, -0.1) is 0 Å². The lowest BCUT2D eigenvalue weighted by Crippen LogP contribution is -2.18. The van der Waals surface area contributed by atoms with Gasteiger partial charge in [0.05, 0.1) is 10.1 Å². The second kappa shape index (κ2) is 9.31. The smallest absolute Gasteiger partial charge is 0.220 e. The van der Waals surface area contributed by atoms with Crippen molar-refractivity contribution in [1.29, 1.82) is 0 Å². The molecule has 0 aliphatic carbocycles. The van der Waals surface area contributed by atoms with Gasteiger partial charge in [-0.05, 0) is 36.1 Å². The molecule has 0 saturated carbocycles. The first kappa shape index (κ1) is 21.1. The Morgan fingerprint density at radius 1 is 0.742 bits per heavy atom. The fourth-order valence-corrected chi connectivity index (χ4v) is 5.05. The number of aryl methyl sites for hydroxylation is 2. The van der Waals surface area contributed by atoms with Gasteiger partial charge in [-0.2, -0.15) is 0 Å². The summed E-state index contributed by atoms with van der Waals surface area (Å²) in [6.07, 6.45) is 2.17. The van der Waals surface area contributed by atoms with E-state index in [1.165, 1.54) is 0 Å². The molecule has 2 heterocycles. The number of H-pyrrole nitrogens is 2. The summed E-state index contributed by atoms with van der Waals surface area (Å²) in [5.74, 6) is 0.0521. The predicted molar refractivity (Wildman–Crippen MR) is 125 cm³/mol. The van der Waals surface area contributed by atoms with Crippen molar-refractivity contribution in [2.24, 2.45) is 0 Å². The molecule has 0 fully saturated rings. The maximum absolute atomic E-state index is 11.9. The second-order valence-electron chi connectivity index (χ2n) is 7.40. The van der Waals surface area contributed by atoms with Gasteiger partial charge in [-0.1, -0.05) is 48.2 Å². The minimum atomic E-state index is 0.0260. The van der Waals surface area contributed by atoms with Gasteiger partial charge in [-0.25, -0.2) is 0 Å². The largest absolute Gasteiger partial charge is 0.359 e. The van der Waals surface area contributed by atoms with E-state index in [1.54, 1.807) is 25.9 Å². The summed E-state index contributed by atoms with van der Waals surface area (Å²) in [5.41, 5.74) is 4.39. The molecule has 0 unspecified atom stereocenters. The molecule has 4 rings (SSSR count). The zero-order valence-corrected chi connectivity index (χ0v) is 18.5. The Hall–Kier alpha value is -3.19. The first-order valence-corrected chi connectivity index (χ1v) is 11.2. The highest BCUT2D eigenvalue weighted by Crippen LogP contribution is 2.39. The topological polar surface area (TPSA) is 89.8 Å². The molecule has 31 heavy (non-hydrogen) atoms. The molecule has 0 saturated heterocycles. The van der Waals surface area contributed by atoms with Crippen molar-refractivity contribution in [3.63, 3.8) is 0 Å². The van der Waals surface area contributed by atoms with Gasteiger partial charge in [-0.3, -0.25) is 9.59 Å². The molecule has 0 bridgehead atoms. The third-order valence-electron chi connectivity index (χ3n) is 5.51. The summed E-state index contributed by atoms with van der Waals surface area (Å²) in [6, 6.07) is 16.3. The molecule has 2 aromatic carbocycles. The zero-order chi connectivity index (χ0) is 21.8. The van der Waals surface area contributed by atoms with Crippen LogP contribution in [0.4, 0.5) is 0 Å². The quantitative estimate of drug-likeness (QED) is 0.336. The number of nitrogens with one attached hydrogen (secondary N) is 4. The number of rotatable bonds is 8. The normalized spacial score (nSPS) is 11.2. The van der Waals surface area contributed by atoms with Crippen LogP contribution in [0.5, 0.6) is 0 Å². The number of benzene rings is 2. The van der Waals surface area contributed by atoms with E-state index in [1.807, 2.05) is 24.3 Å². The van der Waals surface area contributed by atoms with E-state index in [4.69, 9.17) is 0 Å². The third-order valence-corrected chi connectivity index (χ3v) is 6.62. The van der Waals surface area contributed by atoms with E-state index < -0.39 is 0 Å². The predicted octanol–water partition coefficient (Wildman–Crippen LogP) is 4.16. The van der Waals surface area contributed by atoms with Crippen LogP contribution >= 0.6 is 11.8 Å². The van der Waals surface area contributed by atoms with Crippen molar-refractivity contribution in [2.75, 3.05) is 14.1 Å². The van der Waals surface area contributed by atoms with Crippen LogP contribution in [0.3, 0.4) is 0 Å². The van der Waals surface area contributed by atoms with E-state index in [0.717, 1.165) is 43.0 Å². The molecule has 6 nitrogen and oxygen atoms in total. The number of carbonyl (C=O) groups is 2. The average molecular weight is 435 g/mol. The first-order chi connectivity index (χ1) is 15.1. The van der Waals surface area contributed by atoms with Crippen molar-refractivity contribution < 1.29 is 9.59 Å². The van der Waals surface area contributed by atoms with E-state index in [2.05, 4.69) is 44.9 Å². The SMILES string of the molecule is CNC(=O)CCc1c(Sc2[nH]c3ccccc3c2CCC(=O)NC)[nH]c2ccccc12. The molecule has 0 spiro atoms. The maximum Gasteiger partial charge on any atom is 0.220 e. The van der Waals surface area contributed by atoms with Gasteiger partial charge in [0.25, 0.3) is 0 Å². The Morgan fingerprint density at radius 3 is 1.58 bits per heavy atom. The summed E-state index contributed by atoms with van der Waals surface area (Å²) in [6.45, 7) is 0. The van der Waals surface area contributed by atoms with Crippen LogP contribution in [0.15, 0.2) is 58.6 Å². The molecule has 0 radical (unpaired) electrons. The van der Waals surface area contributed by atoms with Crippen molar-refractivity contribution in [2.45, 2.75) is 35.7 Å². The van der Waals surface area contributed by atoms with Crippen LogP contribution in [-0.2, 0) is 22.4 Å². The molecule has 0 aliphatic heterocycles. The van der Waals surface area contributed by atoms with Crippen LogP contribution in [-0.4, -0.2) is 35.9 Å². The lowest BCUT2D eigenvalue weighted by Gasteiger charge is -2.07. The van der Waals surface area contributed by atoms with E-state index in [9.17, 15) is 9.59 Å². The molecule has 4 aromatic rings. The summed E-state index contributed by atoms with van der Waals surface area (Å²) >= 11 is 1.64. The Labute approximate surface area is 185 Å². The van der Waals surface area contributed by atoms with Crippen LogP contribution in [0.25, 0.3) is 21.8 Å². The average Bonchev–Trinajstić information content (AvgIpc) is 3.32. The van der Waals surface area contributed by atoms with Crippen molar-refractivity contribution in [3.05, 3.63) is 59.7 Å². The number of fused-ring (bicyclic) bond motifs is 2. The summed E-state index contributed by atoms with van der Waals surface area (Å²) in [5, 5.41) is 9.73. The summed E-state index contributed by atoms with van der Waals surface area (Å²) in [4.78, 5) is 30.8. The number of carbonyl (C=O) groups excluding carboxylic acids is 2. The van der Waals surface area contributed by atoms with E-state index >= 15 is 0 Å². The fourth-order valence-electron chi connectivity index (χ4n) is 3.85. The lowest BCUT2D eigenvalue weighted by atomic mass is 10.1. The van der Waals surface area contributed by atoms with Gasteiger partial charge in [0.1, 0.15) is 0 Å². The minimum absolute atomic E-state index is 0.0260. The van der Waals surface area contributed by atoms with E-state index in [-0.39, 0.29) is 11.8 Å². The molecule has 160 valence electrons. The fraction of sp³-hybridized carbons (Fsp3) is 0.250. The second-order valence-corrected chi connectivity index (χ2v) is 8.43.